The molecule has 0 aromatic rings. The topological polar surface area (TPSA) is 75.4 Å². The molecule has 0 aliphatic carbocycles. The second kappa shape index (κ2) is 5.69. The van der Waals surface area contributed by atoms with Gasteiger partial charge in [0.1, 0.15) is 0 Å². The van der Waals surface area contributed by atoms with Gasteiger partial charge in [-0.2, -0.15) is 0 Å². The van der Waals surface area contributed by atoms with Gasteiger partial charge in [-0.15, -0.1) is 0 Å². The van der Waals surface area contributed by atoms with E-state index in [-0.39, 0.29) is 29.4 Å². The summed E-state index contributed by atoms with van der Waals surface area (Å²) in [5.41, 5.74) is 5.43. The largest absolute Gasteiger partial charge is 0.351 e. The molecule has 18 heavy (non-hydrogen) atoms. The van der Waals surface area contributed by atoms with Gasteiger partial charge in [-0.3, -0.25) is 9.59 Å². The summed E-state index contributed by atoms with van der Waals surface area (Å²) in [6.45, 7) is 8.50. The third kappa shape index (κ3) is 4.29. The summed E-state index contributed by atoms with van der Waals surface area (Å²) in [5, 5.41) is 2.91. The molecule has 1 heterocycles. The molecule has 3 N–H and O–H groups in total. The summed E-state index contributed by atoms with van der Waals surface area (Å²) in [7, 11) is 0. The van der Waals surface area contributed by atoms with E-state index in [2.05, 4.69) is 5.32 Å². The van der Waals surface area contributed by atoms with E-state index in [0.717, 1.165) is 0 Å². The molecule has 0 bridgehead atoms. The van der Waals surface area contributed by atoms with E-state index in [1.165, 1.54) is 0 Å². The van der Waals surface area contributed by atoms with Crippen molar-refractivity contribution in [2.75, 3.05) is 6.54 Å². The van der Waals surface area contributed by atoms with Crippen molar-refractivity contribution >= 4 is 11.8 Å². The van der Waals surface area contributed by atoms with Crippen LogP contribution in [-0.2, 0) is 9.59 Å². The Bertz CT molecular complexity index is 321. The van der Waals surface area contributed by atoms with Crippen molar-refractivity contribution in [2.24, 2.45) is 5.73 Å². The van der Waals surface area contributed by atoms with E-state index in [0.29, 0.717) is 25.8 Å². The first-order valence-electron chi connectivity index (χ1n) is 6.55. The average molecular weight is 255 g/mol. The van der Waals surface area contributed by atoms with Crippen LogP contribution >= 0.6 is 0 Å². The number of nitrogens with two attached hydrogens (primary N) is 1. The molecule has 1 saturated heterocycles. The highest BCUT2D eigenvalue weighted by Crippen LogP contribution is 2.21. The quantitative estimate of drug-likeness (QED) is 0.773. The van der Waals surface area contributed by atoms with E-state index < -0.39 is 0 Å². The van der Waals surface area contributed by atoms with Crippen LogP contribution in [0.25, 0.3) is 0 Å². The van der Waals surface area contributed by atoms with Crippen molar-refractivity contribution in [3.8, 4) is 0 Å². The van der Waals surface area contributed by atoms with Crippen LogP contribution in [-0.4, -0.2) is 40.9 Å². The highest BCUT2D eigenvalue weighted by molar-refractivity contribution is 5.82. The minimum Gasteiger partial charge on any atom is -0.351 e. The summed E-state index contributed by atoms with van der Waals surface area (Å²) in [4.78, 5) is 25.3. The summed E-state index contributed by atoms with van der Waals surface area (Å²) < 4.78 is 0. The smallest absolute Gasteiger partial charge is 0.225 e. The first kappa shape index (κ1) is 15.0. The maximum Gasteiger partial charge on any atom is 0.225 e. The van der Waals surface area contributed by atoms with Crippen molar-refractivity contribution in [1.82, 2.24) is 10.2 Å². The molecule has 1 aliphatic rings. The first-order chi connectivity index (χ1) is 8.20. The first-order valence-corrected chi connectivity index (χ1v) is 6.55. The molecule has 5 heteroatoms. The van der Waals surface area contributed by atoms with E-state index in [4.69, 9.17) is 5.73 Å². The number of hydrogen-bond acceptors (Lipinski definition) is 3. The Kier molecular flexibility index (Phi) is 4.73. The van der Waals surface area contributed by atoms with Gasteiger partial charge in [0.05, 0.1) is 6.04 Å². The number of carbonyl (C=O) groups is 2. The second-order valence-electron chi connectivity index (χ2n) is 6.16. The Balaban J connectivity index is 2.42. The summed E-state index contributed by atoms with van der Waals surface area (Å²) in [6, 6.07) is -0.0238. The molecular weight excluding hydrogens is 230 g/mol. The molecule has 104 valence electrons. The van der Waals surface area contributed by atoms with Gasteiger partial charge in [0.2, 0.25) is 11.8 Å². The molecule has 0 aromatic carbocycles. The molecule has 1 fully saturated rings. The van der Waals surface area contributed by atoms with Gasteiger partial charge in [-0.05, 0) is 34.1 Å². The molecule has 1 rings (SSSR count). The van der Waals surface area contributed by atoms with Gasteiger partial charge >= 0.3 is 0 Å². The van der Waals surface area contributed by atoms with Gasteiger partial charge in [0, 0.05) is 31.0 Å². The van der Waals surface area contributed by atoms with Crippen LogP contribution in [0.5, 0.6) is 0 Å². The minimum absolute atomic E-state index is 0.0131. The zero-order valence-electron chi connectivity index (χ0n) is 11.8. The predicted octanol–water partition coefficient (Wildman–Crippen LogP) is 0.629. The summed E-state index contributed by atoms with van der Waals surface area (Å²) >= 11 is 0. The number of likely N-dealkylation sites (tertiary alicyclic amines) is 1. The molecular formula is C13H25N3O2. The van der Waals surface area contributed by atoms with Crippen LogP contribution in [0.3, 0.4) is 0 Å². The minimum atomic E-state index is -0.178. The lowest BCUT2D eigenvalue weighted by molar-refractivity contribution is -0.131. The van der Waals surface area contributed by atoms with E-state index in [9.17, 15) is 9.59 Å². The standard InChI is InChI=1S/C13H25N3O2/c1-9(14)5-6-11(17)15-10-7-12(18)16(8-10)13(2,3)4/h9-10H,5-8,14H2,1-4H3,(H,15,17). The maximum atomic E-state index is 11.8. The number of carbonyl (C=O) groups excluding carboxylic acids is 2. The average Bonchev–Trinajstić information content (AvgIpc) is 2.56. The van der Waals surface area contributed by atoms with Gasteiger partial charge in [-0.25, -0.2) is 0 Å². The molecule has 5 nitrogen and oxygen atoms in total. The fraction of sp³-hybridized carbons (Fsp3) is 0.846. The normalized spacial score (nSPS) is 22.2. The fourth-order valence-corrected chi connectivity index (χ4v) is 2.11. The summed E-state index contributed by atoms with van der Waals surface area (Å²) in [5.74, 6) is 0.0980. The van der Waals surface area contributed by atoms with Crippen molar-refractivity contribution < 1.29 is 9.59 Å². The predicted molar refractivity (Wildman–Crippen MR) is 70.9 cm³/mol. The zero-order valence-corrected chi connectivity index (χ0v) is 11.8. The zero-order chi connectivity index (χ0) is 13.9. The van der Waals surface area contributed by atoms with Crippen LogP contribution in [0.4, 0.5) is 0 Å². The Morgan fingerprint density at radius 1 is 1.56 bits per heavy atom. The molecule has 2 amide bonds. The Morgan fingerprint density at radius 2 is 2.17 bits per heavy atom. The van der Waals surface area contributed by atoms with Crippen molar-refractivity contribution in [2.45, 2.75) is 64.6 Å². The maximum absolute atomic E-state index is 11.8. The van der Waals surface area contributed by atoms with Crippen molar-refractivity contribution in [3.05, 3.63) is 0 Å². The monoisotopic (exact) mass is 255 g/mol. The lowest BCUT2D eigenvalue weighted by atomic mass is 10.1. The molecule has 0 spiro atoms. The van der Waals surface area contributed by atoms with Crippen molar-refractivity contribution in [1.29, 1.82) is 0 Å². The van der Waals surface area contributed by atoms with Gasteiger partial charge in [0.15, 0.2) is 0 Å². The highest BCUT2D eigenvalue weighted by Gasteiger charge is 2.36. The van der Waals surface area contributed by atoms with Crippen LogP contribution in [0.1, 0.15) is 47.0 Å². The van der Waals surface area contributed by atoms with Gasteiger partial charge < -0.3 is 16.0 Å². The molecule has 0 radical (unpaired) electrons. The van der Waals surface area contributed by atoms with Gasteiger partial charge in [0.25, 0.3) is 0 Å². The molecule has 0 aromatic heterocycles. The Hall–Kier alpha value is -1.10. The van der Waals surface area contributed by atoms with Gasteiger partial charge in [-0.1, -0.05) is 0 Å². The third-order valence-corrected chi connectivity index (χ3v) is 3.13. The highest BCUT2D eigenvalue weighted by atomic mass is 16.2. The molecule has 0 saturated carbocycles. The van der Waals surface area contributed by atoms with E-state index in [1.54, 1.807) is 0 Å². The fourth-order valence-electron chi connectivity index (χ4n) is 2.11. The Morgan fingerprint density at radius 3 is 2.61 bits per heavy atom. The Labute approximate surface area is 109 Å². The molecule has 2 atom stereocenters. The lowest BCUT2D eigenvalue weighted by Crippen LogP contribution is -2.44. The SMILES string of the molecule is CC(N)CCC(=O)NC1CC(=O)N(C(C)(C)C)C1. The lowest BCUT2D eigenvalue weighted by Gasteiger charge is -2.32. The second-order valence-corrected chi connectivity index (χ2v) is 6.16. The van der Waals surface area contributed by atoms with Crippen LogP contribution in [0.2, 0.25) is 0 Å². The number of nitrogens with one attached hydrogen (secondary N) is 1. The van der Waals surface area contributed by atoms with E-state index in [1.807, 2.05) is 32.6 Å². The number of amides is 2. The van der Waals surface area contributed by atoms with Crippen LogP contribution in [0.15, 0.2) is 0 Å². The van der Waals surface area contributed by atoms with Crippen LogP contribution < -0.4 is 11.1 Å². The van der Waals surface area contributed by atoms with Crippen molar-refractivity contribution in [3.63, 3.8) is 0 Å². The number of hydrogen-bond donors (Lipinski definition) is 2. The van der Waals surface area contributed by atoms with E-state index >= 15 is 0 Å². The van der Waals surface area contributed by atoms with Crippen LogP contribution in [0, 0.1) is 0 Å². The number of nitrogens with zero attached hydrogens (tertiary/aromatic N) is 1. The molecule has 2 unspecified atom stereocenters. The third-order valence-electron chi connectivity index (χ3n) is 3.13. The number of rotatable bonds is 4. The summed E-state index contributed by atoms with van der Waals surface area (Å²) in [6.07, 6.45) is 1.51. The molecule has 1 aliphatic heterocycles.